The monoisotopic (exact) mass is 265 g/mol. The van der Waals surface area contributed by atoms with E-state index < -0.39 is 0 Å². The highest BCUT2D eigenvalue weighted by Gasteiger charge is 2.13. The van der Waals surface area contributed by atoms with Crippen LogP contribution in [0.4, 0.5) is 4.39 Å². The molecular formula is C16H12FN3. The van der Waals surface area contributed by atoms with E-state index in [1.165, 1.54) is 12.4 Å². The summed E-state index contributed by atoms with van der Waals surface area (Å²) in [4.78, 5) is 12.7. The van der Waals surface area contributed by atoms with Crippen LogP contribution < -0.4 is 0 Å². The summed E-state index contributed by atoms with van der Waals surface area (Å²) in [6, 6.07) is 12.3. The number of nitrogens with zero attached hydrogens (tertiary/aromatic N) is 3. The molecule has 0 aliphatic rings. The maximum Gasteiger partial charge on any atom is 0.132 e. The maximum absolute atomic E-state index is 14.0. The van der Waals surface area contributed by atoms with Crippen molar-refractivity contribution in [3.63, 3.8) is 0 Å². The number of rotatable bonds is 2. The molecule has 0 fully saturated rings. The van der Waals surface area contributed by atoms with Gasteiger partial charge in [0.2, 0.25) is 0 Å². The number of pyridine rings is 1. The maximum atomic E-state index is 14.0. The van der Waals surface area contributed by atoms with Crippen LogP contribution in [0.3, 0.4) is 0 Å². The van der Waals surface area contributed by atoms with E-state index in [2.05, 4.69) is 15.0 Å². The van der Waals surface area contributed by atoms with Gasteiger partial charge in [0.1, 0.15) is 12.1 Å². The van der Waals surface area contributed by atoms with Crippen molar-refractivity contribution in [2.75, 3.05) is 0 Å². The summed E-state index contributed by atoms with van der Waals surface area (Å²) in [5.41, 5.74) is 3.36. The second kappa shape index (κ2) is 5.17. The van der Waals surface area contributed by atoms with Gasteiger partial charge in [0.05, 0.1) is 11.4 Å². The summed E-state index contributed by atoms with van der Waals surface area (Å²) in [6.45, 7) is 1.91. The van der Waals surface area contributed by atoms with E-state index in [-0.39, 0.29) is 5.82 Å². The Bertz CT molecular complexity index is 756. The van der Waals surface area contributed by atoms with Gasteiger partial charge >= 0.3 is 0 Å². The first-order chi connectivity index (χ1) is 9.75. The van der Waals surface area contributed by atoms with Crippen LogP contribution in [0, 0.1) is 12.7 Å². The Labute approximate surface area is 116 Å². The Morgan fingerprint density at radius 2 is 1.80 bits per heavy atom. The van der Waals surface area contributed by atoms with Crippen LogP contribution in [0.5, 0.6) is 0 Å². The third kappa shape index (κ3) is 2.28. The highest BCUT2D eigenvalue weighted by molar-refractivity contribution is 5.78. The summed E-state index contributed by atoms with van der Waals surface area (Å²) < 4.78 is 14.0. The van der Waals surface area contributed by atoms with Gasteiger partial charge in [-0.25, -0.2) is 14.4 Å². The van der Waals surface area contributed by atoms with Crippen molar-refractivity contribution in [3.8, 4) is 22.5 Å². The number of hydrogen-bond donors (Lipinski definition) is 0. The first-order valence-corrected chi connectivity index (χ1v) is 6.24. The van der Waals surface area contributed by atoms with E-state index in [4.69, 9.17) is 0 Å². The minimum absolute atomic E-state index is 0.305. The van der Waals surface area contributed by atoms with Crippen molar-refractivity contribution in [2.45, 2.75) is 6.92 Å². The van der Waals surface area contributed by atoms with Gasteiger partial charge in [-0.15, -0.1) is 0 Å². The number of aryl methyl sites for hydroxylation is 1. The molecule has 0 radical (unpaired) electrons. The van der Waals surface area contributed by atoms with Gasteiger partial charge in [-0.2, -0.15) is 0 Å². The van der Waals surface area contributed by atoms with Crippen LogP contribution in [0.25, 0.3) is 22.5 Å². The standard InChI is InChI=1S/C16H12FN3/c1-11-5-4-8-15(20-11)13-9-18-10-19-16(13)12-6-2-3-7-14(12)17/h2-10H,1H3. The van der Waals surface area contributed by atoms with Gasteiger partial charge in [0, 0.05) is 23.0 Å². The molecule has 20 heavy (non-hydrogen) atoms. The molecule has 0 unspecified atom stereocenters. The van der Waals surface area contributed by atoms with E-state index >= 15 is 0 Å². The number of hydrogen-bond acceptors (Lipinski definition) is 3. The van der Waals surface area contributed by atoms with Crippen molar-refractivity contribution < 1.29 is 4.39 Å². The predicted octanol–water partition coefficient (Wildman–Crippen LogP) is 3.65. The first kappa shape index (κ1) is 12.4. The van der Waals surface area contributed by atoms with Crippen molar-refractivity contribution >= 4 is 0 Å². The molecule has 0 aliphatic carbocycles. The van der Waals surface area contributed by atoms with Crippen LogP contribution in [-0.4, -0.2) is 15.0 Å². The van der Waals surface area contributed by atoms with E-state index in [0.717, 1.165) is 17.0 Å². The van der Waals surface area contributed by atoms with Gasteiger partial charge in [0.15, 0.2) is 0 Å². The normalized spacial score (nSPS) is 10.5. The zero-order valence-electron chi connectivity index (χ0n) is 10.9. The fourth-order valence-corrected chi connectivity index (χ4v) is 2.08. The lowest BCUT2D eigenvalue weighted by molar-refractivity contribution is 0.630. The largest absolute Gasteiger partial charge is 0.253 e. The molecule has 1 aromatic carbocycles. The minimum atomic E-state index is -0.305. The minimum Gasteiger partial charge on any atom is -0.253 e. The van der Waals surface area contributed by atoms with Crippen molar-refractivity contribution in [1.82, 2.24) is 15.0 Å². The lowest BCUT2D eigenvalue weighted by Crippen LogP contribution is -1.95. The predicted molar refractivity (Wildman–Crippen MR) is 75.4 cm³/mol. The summed E-state index contributed by atoms with van der Waals surface area (Å²) >= 11 is 0. The SMILES string of the molecule is Cc1cccc(-c2cncnc2-c2ccccc2F)n1. The smallest absolute Gasteiger partial charge is 0.132 e. The molecule has 4 heteroatoms. The Kier molecular flexibility index (Phi) is 3.21. The molecule has 0 amide bonds. The summed E-state index contributed by atoms with van der Waals surface area (Å²) in [6.07, 6.45) is 3.08. The number of halogens is 1. The molecule has 0 spiro atoms. The van der Waals surface area contributed by atoms with Gasteiger partial charge in [-0.3, -0.25) is 4.98 Å². The van der Waals surface area contributed by atoms with E-state index in [1.807, 2.05) is 25.1 Å². The zero-order valence-corrected chi connectivity index (χ0v) is 10.9. The van der Waals surface area contributed by atoms with Crippen molar-refractivity contribution in [3.05, 3.63) is 66.5 Å². The Balaban J connectivity index is 2.22. The Morgan fingerprint density at radius 1 is 0.950 bits per heavy atom. The van der Waals surface area contributed by atoms with Crippen LogP contribution >= 0.6 is 0 Å². The van der Waals surface area contributed by atoms with Crippen LogP contribution in [-0.2, 0) is 0 Å². The Morgan fingerprint density at radius 3 is 2.60 bits per heavy atom. The van der Waals surface area contributed by atoms with E-state index in [0.29, 0.717) is 11.3 Å². The zero-order chi connectivity index (χ0) is 13.9. The number of aromatic nitrogens is 3. The Hall–Kier alpha value is -2.62. The molecule has 0 saturated heterocycles. The van der Waals surface area contributed by atoms with Gasteiger partial charge in [-0.05, 0) is 31.2 Å². The van der Waals surface area contributed by atoms with Crippen molar-refractivity contribution in [2.24, 2.45) is 0 Å². The molecule has 0 bridgehead atoms. The second-order valence-electron chi connectivity index (χ2n) is 4.43. The summed E-state index contributed by atoms with van der Waals surface area (Å²) in [7, 11) is 0. The lowest BCUT2D eigenvalue weighted by Gasteiger charge is -2.08. The quantitative estimate of drug-likeness (QED) is 0.710. The van der Waals surface area contributed by atoms with E-state index in [9.17, 15) is 4.39 Å². The fourth-order valence-electron chi connectivity index (χ4n) is 2.08. The molecule has 0 saturated carbocycles. The van der Waals surface area contributed by atoms with Gasteiger partial charge in [0.25, 0.3) is 0 Å². The molecule has 0 atom stereocenters. The molecule has 98 valence electrons. The highest BCUT2D eigenvalue weighted by Crippen LogP contribution is 2.29. The average molecular weight is 265 g/mol. The molecule has 2 heterocycles. The molecule has 0 N–H and O–H groups in total. The van der Waals surface area contributed by atoms with Crippen molar-refractivity contribution in [1.29, 1.82) is 0 Å². The topological polar surface area (TPSA) is 38.7 Å². The molecule has 2 aromatic heterocycles. The summed E-state index contributed by atoms with van der Waals surface area (Å²) in [5.74, 6) is -0.305. The third-order valence-corrected chi connectivity index (χ3v) is 3.01. The molecule has 0 aliphatic heterocycles. The van der Waals surface area contributed by atoms with Gasteiger partial charge in [-0.1, -0.05) is 18.2 Å². The second-order valence-corrected chi connectivity index (χ2v) is 4.43. The highest BCUT2D eigenvalue weighted by atomic mass is 19.1. The fraction of sp³-hybridized carbons (Fsp3) is 0.0625. The lowest BCUT2D eigenvalue weighted by atomic mass is 10.0. The molecular weight excluding hydrogens is 253 g/mol. The van der Waals surface area contributed by atoms with Crippen LogP contribution in [0.2, 0.25) is 0 Å². The van der Waals surface area contributed by atoms with E-state index in [1.54, 1.807) is 24.4 Å². The van der Waals surface area contributed by atoms with Crippen LogP contribution in [0.1, 0.15) is 5.69 Å². The molecule has 3 nitrogen and oxygen atoms in total. The molecule has 3 aromatic rings. The number of benzene rings is 1. The first-order valence-electron chi connectivity index (χ1n) is 6.24. The summed E-state index contributed by atoms with van der Waals surface area (Å²) in [5, 5.41) is 0. The molecule has 3 rings (SSSR count). The average Bonchev–Trinajstić information content (AvgIpc) is 2.48. The third-order valence-electron chi connectivity index (χ3n) is 3.01. The van der Waals surface area contributed by atoms with Crippen LogP contribution in [0.15, 0.2) is 55.0 Å². The van der Waals surface area contributed by atoms with Gasteiger partial charge < -0.3 is 0 Å².